The van der Waals surface area contributed by atoms with Gasteiger partial charge in [-0.1, -0.05) is 6.92 Å². The van der Waals surface area contributed by atoms with Crippen LogP contribution in [0.4, 0.5) is 4.79 Å². The second-order valence-corrected chi connectivity index (χ2v) is 7.00. The van der Waals surface area contributed by atoms with Crippen LogP contribution in [0, 0.1) is 25.2 Å². The van der Waals surface area contributed by atoms with Crippen molar-refractivity contribution in [1.29, 1.82) is 5.26 Å². The number of aryl methyl sites for hydroxylation is 1. The van der Waals surface area contributed by atoms with Crippen LogP contribution in [-0.4, -0.2) is 35.1 Å². The zero-order valence-corrected chi connectivity index (χ0v) is 16.7. The maximum atomic E-state index is 12.1. The van der Waals surface area contributed by atoms with Crippen LogP contribution in [-0.2, 0) is 14.3 Å². The van der Waals surface area contributed by atoms with Gasteiger partial charge in [-0.05, 0) is 57.7 Å². The average molecular weight is 386 g/mol. The Hall–Kier alpha value is -3.08. The molecule has 2 rings (SSSR count). The number of rotatable bonds is 7. The zero-order chi connectivity index (χ0) is 20.8. The standard InChI is InChI=1S/C20H26N4O4/c1-5-12(2)22-20(27)23-18(25)11-28-19(26)16(10-21)9-15-8-13(3)24(14(15)4)17-6-7-17/h8-9,12,17H,5-7,11H2,1-4H3,(H2,22,23,25,27)/b16-9+/t12-/m1/s1. The van der Waals surface area contributed by atoms with Crippen molar-refractivity contribution in [3.63, 3.8) is 0 Å². The molecule has 1 aliphatic rings. The van der Waals surface area contributed by atoms with Gasteiger partial charge in [-0.15, -0.1) is 0 Å². The summed E-state index contributed by atoms with van der Waals surface area (Å²) in [4.78, 5) is 35.4. The Kier molecular flexibility index (Phi) is 6.99. The van der Waals surface area contributed by atoms with Gasteiger partial charge in [0, 0.05) is 23.5 Å². The normalized spacial score (nSPS) is 14.8. The molecule has 1 aromatic heterocycles. The van der Waals surface area contributed by atoms with E-state index in [1.165, 1.54) is 6.08 Å². The summed E-state index contributed by atoms with van der Waals surface area (Å²) < 4.78 is 7.07. The summed E-state index contributed by atoms with van der Waals surface area (Å²) in [6.07, 6.45) is 4.45. The number of hydrogen-bond donors (Lipinski definition) is 2. The van der Waals surface area contributed by atoms with E-state index in [1.54, 1.807) is 6.92 Å². The van der Waals surface area contributed by atoms with Crippen LogP contribution in [0.3, 0.4) is 0 Å². The molecular formula is C20H26N4O4. The van der Waals surface area contributed by atoms with E-state index in [1.807, 2.05) is 32.9 Å². The molecule has 8 heteroatoms. The van der Waals surface area contributed by atoms with E-state index in [0.717, 1.165) is 29.8 Å². The molecule has 0 bridgehead atoms. The number of urea groups is 1. The number of carbonyl (C=O) groups is 3. The minimum Gasteiger partial charge on any atom is -0.451 e. The smallest absolute Gasteiger partial charge is 0.349 e. The second kappa shape index (κ2) is 9.22. The first-order valence-electron chi connectivity index (χ1n) is 9.34. The molecule has 150 valence electrons. The van der Waals surface area contributed by atoms with Gasteiger partial charge in [0.15, 0.2) is 6.61 Å². The van der Waals surface area contributed by atoms with Gasteiger partial charge >= 0.3 is 12.0 Å². The third-order valence-electron chi connectivity index (χ3n) is 4.65. The van der Waals surface area contributed by atoms with Gasteiger partial charge in [0.25, 0.3) is 5.91 Å². The predicted octanol–water partition coefficient (Wildman–Crippen LogP) is 2.51. The van der Waals surface area contributed by atoms with Crippen molar-refractivity contribution in [3.05, 3.63) is 28.6 Å². The third kappa shape index (κ3) is 5.46. The lowest BCUT2D eigenvalue weighted by Gasteiger charge is -2.11. The first-order valence-corrected chi connectivity index (χ1v) is 9.34. The summed E-state index contributed by atoms with van der Waals surface area (Å²) in [6, 6.07) is 3.49. The highest BCUT2D eigenvalue weighted by molar-refractivity contribution is 6.00. The molecule has 0 aromatic carbocycles. The number of nitriles is 1. The van der Waals surface area contributed by atoms with E-state index < -0.39 is 24.5 Å². The Bertz CT molecular complexity index is 843. The highest BCUT2D eigenvalue weighted by atomic mass is 16.5. The lowest BCUT2D eigenvalue weighted by Crippen LogP contribution is -2.44. The van der Waals surface area contributed by atoms with Crippen LogP contribution in [0.25, 0.3) is 6.08 Å². The number of amides is 3. The molecule has 0 radical (unpaired) electrons. The Morgan fingerprint density at radius 2 is 2.07 bits per heavy atom. The summed E-state index contributed by atoms with van der Waals surface area (Å²) in [5, 5.41) is 13.9. The molecule has 1 aromatic rings. The van der Waals surface area contributed by atoms with Crippen molar-refractivity contribution >= 4 is 24.0 Å². The number of hydrogen-bond acceptors (Lipinski definition) is 5. The maximum Gasteiger partial charge on any atom is 0.349 e. The number of aromatic nitrogens is 1. The predicted molar refractivity (Wildman–Crippen MR) is 103 cm³/mol. The van der Waals surface area contributed by atoms with Crippen molar-refractivity contribution in [2.45, 2.75) is 59.0 Å². The van der Waals surface area contributed by atoms with E-state index >= 15 is 0 Å². The fourth-order valence-electron chi connectivity index (χ4n) is 2.87. The molecule has 1 atom stereocenters. The summed E-state index contributed by atoms with van der Waals surface area (Å²) in [7, 11) is 0. The number of carbonyl (C=O) groups excluding carboxylic acids is 3. The maximum absolute atomic E-state index is 12.1. The molecule has 0 spiro atoms. The molecule has 28 heavy (non-hydrogen) atoms. The average Bonchev–Trinajstić information content (AvgIpc) is 3.43. The second-order valence-electron chi connectivity index (χ2n) is 7.00. The summed E-state index contributed by atoms with van der Waals surface area (Å²) in [5.41, 5.74) is 2.63. The Morgan fingerprint density at radius 3 is 2.64 bits per heavy atom. The molecule has 1 fully saturated rings. The Morgan fingerprint density at radius 1 is 1.39 bits per heavy atom. The molecule has 3 amide bonds. The third-order valence-corrected chi connectivity index (χ3v) is 4.65. The first kappa shape index (κ1) is 21.2. The van der Waals surface area contributed by atoms with Gasteiger partial charge in [0.2, 0.25) is 0 Å². The first-order chi connectivity index (χ1) is 13.3. The SMILES string of the molecule is CC[C@@H](C)NC(=O)NC(=O)COC(=O)/C(C#N)=C/c1cc(C)n(C2CC2)c1C. The van der Waals surface area contributed by atoms with Crippen LogP contribution < -0.4 is 10.6 Å². The minimum absolute atomic E-state index is 0.0851. The zero-order valence-electron chi connectivity index (χ0n) is 16.7. The Labute approximate surface area is 164 Å². The van der Waals surface area contributed by atoms with Crippen molar-refractivity contribution in [2.24, 2.45) is 0 Å². The molecule has 0 unspecified atom stereocenters. The van der Waals surface area contributed by atoms with Crippen LogP contribution in [0.5, 0.6) is 0 Å². The highest BCUT2D eigenvalue weighted by Gasteiger charge is 2.27. The molecule has 1 aliphatic carbocycles. The summed E-state index contributed by atoms with van der Waals surface area (Å²) >= 11 is 0. The van der Waals surface area contributed by atoms with E-state index in [9.17, 15) is 19.6 Å². The van der Waals surface area contributed by atoms with Gasteiger partial charge in [0.05, 0.1) is 0 Å². The summed E-state index contributed by atoms with van der Waals surface area (Å²) in [6.45, 7) is 6.98. The molecular weight excluding hydrogens is 360 g/mol. The minimum atomic E-state index is -0.906. The molecule has 2 N–H and O–H groups in total. The topological polar surface area (TPSA) is 113 Å². The van der Waals surface area contributed by atoms with Crippen LogP contribution in [0.2, 0.25) is 0 Å². The van der Waals surface area contributed by atoms with Gasteiger partial charge in [-0.3, -0.25) is 10.1 Å². The molecule has 8 nitrogen and oxygen atoms in total. The van der Waals surface area contributed by atoms with E-state index in [-0.39, 0.29) is 11.6 Å². The summed E-state index contributed by atoms with van der Waals surface area (Å²) in [5.74, 6) is -1.67. The van der Waals surface area contributed by atoms with Crippen molar-refractivity contribution in [2.75, 3.05) is 6.61 Å². The largest absolute Gasteiger partial charge is 0.451 e. The monoisotopic (exact) mass is 386 g/mol. The lowest BCUT2D eigenvalue weighted by molar-refractivity contribution is -0.144. The van der Waals surface area contributed by atoms with Gasteiger partial charge < -0.3 is 14.6 Å². The number of ether oxygens (including phenoxy) is 1. The number of imide groups is 1. The van der Waals surface area contributed by atoms with Crippen LogP contribution >= 0.6 is 0 Å². The lowest BCUT2D eigenvalue weighted by atomic mass is 10.1. The fraction of sp³-hybridized carbons (Fsp3) is 0.500. The quantitative estimate of drug-likeness (QED) is 0.425. The molecule has 0 saturated heterocycles. The van der Waals surface area contributed by atoms with Gasteiger partial charge in [-0.2, -0.15) is 5.26 Å². The van der Waals surface area contributed by atoms with E-state index in [2.05, 4.69) is 15.2 Å². The van der Waals surface area contributed by atoms with E-state index in [0.29, 0.717) is 12.5 Å². The van der Waals surface area contributed by atoms with Gasteiger partial charge in [-0.25, -0.2) is 9.59 Å². The van der Waals surface area contributed by atoms with Crippen molar-refractivity contribution < 1.29 is 19.1 Å². The van der Waals surface area contributed by atoms with Crippen molar-refractivity contribution in [3.8, 4) is 6.07 Å². The highest BCUT2D eigenvalue weighted by Crippen LogP contribution is 2.38. The molecule has 1 heterocycles. The molecule has 0 aliphatic heterocycles. The molecule has 1 saturated carbocycles. The van der Waals surface area contributed by atoms with Crippen LogP contribution in [0.15, 0.2) is 11.6 Å². The number of nitrogens with zero attached hydrogens (tertiary/aromatic N) is 2. The van der Waals surface area contributed by atoms with Crippen molar-refractivity contribution in [1.82, 2.24) is 15.2 Å². The Balaban J connectivity index is 1.96. The van der Waals surface area contributed by atoms with E-state index in [4.69, 9.17) is 4.74 Å². The number of nitrogens with one attached hydrogen (secondary N) is 2. The van der Waals surface area contributed by atoms with Crippen LogP contribution in [0.1, 0.15) is 56.1 Å². The fourth-order valence-corrected chi connectivity index (χ4v) is 2.87. The van der Waals surface area contributed by atoms with Gasteiger partial charge in [0.1, 0.15) is 11.6 Å². The number of esters is 1.